The zero-order valence-corrected chi connectivity index (χ0v) is 22.1. The smallest absolute Gasteiger partial charge is 0.296 e. The largest absolute Gasteiger partial charge is 0.505 e. The number of nitrogens with two attached hydrogens (primary N) is 1. The third-order valence-electron chi connectivity index (χ3n) is 6.01. The predicted octanol–water partition coefficient (Wildman–Crippen LogP) is 5.36. The van der Waals surface area contributed by atoms with Gasteiger partial charge in [0.05, 0.1) is 10.6 Å². The molecule has 0 unspecified atom stereocenters. The standard InChI is InChI=1S/C25H24N4O7S2/c1-13-8-15(4-6-20(13)27-3)16-5-7-21(14(2)9-16)28-29-24-22(38(34,35)36)11-17-10-18(37(31,32)33)12-19(26)23(17)25(24)30/h4-12,27,30H,26H2,1-3H3,(H,31,32,33)(H,34,35,36)/b29-28+. The van der Waals surface area contributed by atoms with E-state index in [-0.39, 0.29) is 16.5 Å². The van der Waals surface area contributed by atoms with Crippen molar-refractivity contribution in [3.05, 3.63) is 65.7 Å². The lowest BCUT2D eigenvalue weighted by Crippen LogP contribution is -2.02. The average Bonchev–Trinajstić information content (AvgIpc) is 2.82. The summed E-state index contributed by atoms with van der Waals surface area (Å²) in [5.74, 6) is -0.743. The molecule has 0 saturated heterocycles. The molecule has 0 aliphatic heterocycles. The van der Waals surface area contributed by atoms with Crippen LogP contribution in [0.5, 0.6) is 5.75 Å². The number of nitrogen functional groups attached to an aromatic ring is 1. The zero-order chi connectivity index (χ0) is 28.0. The number of rotatable bonds is 6. The van der Waals surface area contributed by atoms with Crippen molar-refractivity contribution in [3.63, 3.8) is 0 Å². The predicted molar refractivity (Wildman–Crippen MR) is 145 cm³/mol. The molecule has 0 amide bonds. The van der Waals surface area contributed by atoms with E-state index in [9.17, 15) is 31.0 Å². The number of fused-ring (bicyclic) bond motifs is 1. The minimum atomic E-state index is -4.95. The lowest BCUT2D eigenvalue weighted by atomic mass is 10.00. The third kappa shape index (κ3) is 5.17. The minimum Gasteiger partial charge on any atom is -0.505 e. The van der Waals surface area contributed by atoms with Crippen LogP contribution in [-0.4, -0.2) is 38.1 Å². The molecule has 13 heteroatoms. The molecular weight excluding hydrogens is 532 g/mol. The molecule has 0 radical (unpaired) electrons. The Labute approximate surface area is 219 Å². The van der Waals surface area contributed by atoms with Crippen LogP contribution in [0.3, 0.4) is 0 Å². The Bertz CT molecular complexity index is 1850. The van der Waals surface area contributed by atoms with Crippen molar-refractivity contribution in [2.24, 2.45) is 10.2 Å². The number of aryl methyl sites for hydroxylation is 2. The number of aromatic hydroxyl groups is 1. The van der Waals surface area contributed by atoms with Crippen molar-refractivity contribution in [1.29, 1.82) is 0 Å². The molecule has 0 aromatic heterocycles. The normalized spacial score (nSPS) is 12.3. The van der Waals surface area contributed by atoms with E-state index in [1.54, 1.807) is 13.0 Å². The Morgan fingerprint density at radius 2 is 1.45 bits per heavy atom. The fraction of sp³-hybridized carbons (Fsp3) is 0.120. The molecule has 4 rings (SSSR count). The number of phenolic OH excluding ortho intramolecular Hbond substituents is 1. The van der Waals surface area contributed by atoms with Gasteiger partial charge in [-0.25, -0.2) is 0 Å². The second kappa shape index (κ2) is 9.68. The molecule has 198 valence electrons. The van der Waals surface area contributed by atoms with Crippen LogP contribution in [0.15, 0.2) is 74.6 Å². The summed E-state index contributed by atoms with van der Waals surface area (Å²) >= 11 is 0. The van der Waals surface area contributed by atoms with Gasteiger partial charge in [-0.2, -0.15) is 21.9 Å². The first-order chi connectivity index (χ1) is 17.7. The Morgan fingerprint density at radius 1 is 0.816 bits per heavy atom. The summed E-state index contributed by atoms with van der Waals surface area (Å²) in [7, 11) is -7.79. The highest BCUT2D eigenvalue weighted by Crippen LogP contribution is 2.44. The van der Waals surface area contributed by atoms with Gasteiger partial charge >= 0.3 is 0 Å². The fourth-order valence-corrected chi connectivity index (χ4v) is 5.32. The van der Waals surface area contributed by atoms with E-state index in [4.69, 9.17) is 5.73 Å². The maximum atomic E-state index is 12.1. The van der Waals surface area contributed by atoms with Crippen molar-refractivity contribution in [1.82, 2.24) is 0 Å². The van der Waals surface area contributed by atoms with Gasteiger partial charge in [-0.05, 0) is 84.0 Å². The highest BCUT2D eigenvalue weighted by molar-refractivity contribution is 7.86. The van der Waals surface area contributed by atoms with Gasteiger partial charge in [0.1, 0.15) is 10.6 Å². The number of nitrogens with one attached hydrogen (secondary N) is 1. The van der Waals surface area contributed by atoms with Crippen LogP contribution in [0.2, 0.25) is 0 Å². The van der Waals surface area contributed by atoms with Gasteiger partial charge in [-0.1, -0.05) is 12.1 Å². The summed E-state index contributed by atoms with van der Waals surface area (Å²) in [4.78, 5) is -1.45. The number of nitrogens with zero attached hydrogens (tertiary/aromatic N) is 2. The van der Waals surface area contributed by atoms with Gasteiger partial charge in [-0.15, -0.1) is 5.11 Å². The van der Waals surface area contributed by atoms with E-state index < -0.39 is 41.5 Å². The molecule has 4 aromatic rings. The molecular formula is C25H24N4O7S2. The van der Waals surface area contributed by atoms with E-state index in [0.717, 1.165) is 40.6 Å². The summed E-state index contributed by atoms with van der Waals surface area (Å²) in [5, 5.41) is 21.7. The zero-order valence-electron chi connectivity index (χ0n) is 20.5. The van der Waals surface area contributed by atoms with Crippen molar-refractivity contribution >= 4 is 53.8 Å². The molecule has 38 heavy (non-hydrogen) atoms. The number of hydrogen-bond acceptors (Lipinski definition) is 9. The second-order valence-electron chi connectivity index (χ2n) is 8.61. The molecule has 0 aliphatic rings. The van der Waals surface area contributed by atoms with Crippen LogP contribution in [-0.2, 0) is 20.2 Å². The average molecular weight is 557 g/mol. The van der Waals surface area contributed by atoms with Crippen LogP contribution in [0, 0.1) is 13.8 Å². The van der Waals surface area contributed by atoms with E-state index in [0.29, 0.717) is 11.3 Å². The summed E-state index contributed by atoms with van der Waals surface area (Å²) < 4.78 is 66.4. The Hall–Kier alpha value is -4.04. The van der Waals surface area contributed by atoms with Crippen molar-refractivity contribution in [2.45, 2.75) is 23.6 Å². The Kier molecular flexibility index (Phi) is 6.88. The molecule has 0 atom stereocenters. The molecule has 0 heterocycles. The lowest BCUT2D eigenvalue weighted by Gasteiger charge is -2.12. The Balaban J connectivity index is 1.83. The maximum Gasteiger partial charge on any atom is 0.296 e. The van der Waals surface area contributed by atoms with Gasteiger partial charge in [-0.3, -0.25) is 9.11 Å². The first-order valence-electron chi connectivity index (χ1n) is 11.1. The number of hydrogen-bond donors (Lipinski definition) is 5. The molecule has 4 aromatic carbocycles. The van der Waals surface area contributed by atoms with Gasteiger partial charge in [0.15, 0.2) is 5.75 Å². The molecule has 0 fully saturated rings. The number of phenols is 1. The van der Waals surface area contributed by atoms with Crippen LogP contribution < -0.4 is 11.1 Å². The number of azo groups is 1. The van der Waals surface area contributed by atoms with Gasteiger partial charge in [0.25, 0.3) is 20.2 Å². The highest BCUT2D eigenvalue weighted by atomic mass is 32.2. The molecule has 0 bridgehead atoms. The van der Waals surface area contributed by atoms with Crippen molar-refractivity contribution < 1.29 is 31.0 Å². The molecule has 0 aliphatic carbocycles. The van der Waals surface area contributed by atoms with Crippen LogP contribution in [0.1, 0.15) is 11.1 Å². The number of anilines is 2. The second-order valence-corrected chi connectivity index (χ2v) is 11.4. The van der Waals surface area contributed by atoms with E-state index in [1.807, 2.05) is 44.3 Å². The molecule has 0 saturated carbocycles. The molecule has 0 spiro atoms. The summed E-state index contributed by atoms with van der Waals surface area (Å²) in [6.45, 7) is 3.77. The Morgan fingerprint density at radius 3 is 2.00 bits per heavy atom. The fourth-order valence-electron chi connectivity index (χ4n) is 4.11. The SMILES string of the molecule is CNc1ccc(-c2ccc(/N=N/c3c(S(=O)(=O)O)cc4cc(S(=O)(=O)O)cc(N)c4c3O)c(C)c2)cc1C. The van der Waals surface area contributed by atoms with Crippen LogP contribution in [0.25, 0.3) is 21.9 Å². The summed E-state index contributed by atoms with van der Waals surface area (Å²) in [6, 6.07) is 14.0. The summed E-state index contributed by atoms with van der Waals surface area (Å²) in [6.07, 6.45) is 0. The third-order valence-corrected chi connectivity index (χ3v) is 7.71. The maximum absolute atomic E-state index is 12.1. The van der Waals surface area contributed by atoms with Crippen molar-refractivity contribution in [3.8, 4) is 16.9 Å². The lowest BCUT2D eigenvalue weighted by molar-refractivity contribution is 0.472. The van der Waals surface area contributed by atoms with Crippen LogP contribution >= 0.6 is 0 Å². The monoisotopic (exact) mass is 556 g/mol. The minimum absolute atomic E-state index is 0.133. The first-order valence-corrected chi connectivity index (χ1v) is 13.9. The number of benzene rings is 4. The van der Waals surface area contributed by atoms with E-state index in [2.05, 4.69) is 15.5 Å². The van der Waals surface area contributed by atoms with Crippen molar-refractivity contribution in [2.75, 3.05) is 18.1 Å². The van der Waals surface area contributed by atoms with E-state index in [1.165, 1.54) is 0 Å². The highest BCUT2D eigenvalue weighted by Gasteiger charge is 2.24. The topological polar surface area (TPSA) is 192 Å². The van der Waals surface area contributed by atoms with Gasteiger partial charge in [0.2, 0.25) is 0 Å². The van der Waals surface area contributed by atoms with E-state index >= 15 is 0 Å². The van der Waals surface area contributed by atoms with Gasteiger partial charge in [0, 0.05) is 23.8 Å². The first kappa shape index (κ1) is 27.0. The van der Waals surface area contributed by atoms with Gasteiger partial charge < -0.3 is 16.2 Å². The molecule has 6 N–H and O–H groups in total. The quantitative estimate of drug-likeness (QED) is 0.118. The summed E-state index contributed by atoms with van der Waals surface area (Å²) in [5.41, 5.74) is 10.1. The molecule has 11 nitrogen and oxygen atoms in total. The van der Waals surface area contributed by atoms with Crippen LogP contribution in [0.4, 0.5) is 22.7 Å².